The van der Waals surface area contributed by atoms with Crippen LogP contribution in [0.5, 0.6) is 0 Å². The first kappa shape index (κ1) is 12.0. The Morgan fingerprint density at radius 1 is 1.50 bits per heavy atom. The van der Waals surface area contributed by atoms with Gasteiger partial charge in [-0.2, -0.15) is 5.10 Å². The van der Waals surface area contributed by atoms with Gasteiger partial charge in [-0.05, 0) is 13.8 Å². The third kappa shape index (κ3) is 1.88. The van der Waals surface area contributed by atoms with Gasteiger partial charge in [-0.3, -0.25) is 20.1 Å². The molecule has 2 N–H and O–H groups in total. The van der Waals surface area contributed by atoms with Crippen LogP contribution in [0, 0.1) is 17.0 Å². The number of nitrogens with two attached hydrogens (primary N) is 1. The molecular weight excluding hydrogens is 236 g/mol. The van der Waals surface area contributed by atoms with Crippen molar-refractivity contribution < 1.29 is 4.92 Å². The number of rotatable bonds is 3. The summed E-state index contributed by atoms with van der Waals surface area (Å²) in [6.45, 7) is 3.35. The molecule has 0 aliphatic heterocycles. The molecule has 2 heterocycles. The van der Waals surface area contributed by atoms with Crippen LogP contribution in [-0.2, 0) is 0 Å². The van der Waals surface area contributed by atoms with Crippen LogP contribution in [0.25, 0.3) is 0 Å². The van der Waals surface area contributed by atoms with E-state index in [-0.39, 0.29) is 23.2 Å². The Balaban J connectivity index is 2.47. The highest BCUT2D eigenvalue weighted by atomic mass is 16.6. The lowest BCUT2D eigenvalue weighted by Crippen LogP contribution is -2.13. The van der Waals surface area contributed by atoms with Crippen molar-refractivity contribution in [3.63, 3.8) is 0 Å². The van der Waals surface area contributed by atoms with E-state index in [0.717, 1.165) is 0 Å². The van der Waals surface area contributed by atoms with E-state index in [2.05, 4.69) is 15.1 Å². The second-order valence-electron chi connectivity index (χ2n) is 3.83. The van der Waals surface area contributed by atoms with E-state index >= 15 is 0 Å². The van der Waals surface area contributed by atoms with Crippen molar-refractivity contribution in [2.75, 3.05) is 5.73 Å². The number of anilines is 1. The normalized spacial score (nSPS) is 12.3. The second-order valence-corrected chi connectivity index (χ2v) is 3.83. The van der Waals surface area contributed by atoms with E-state index in [4.69, 9.17) is 5.73 Å². The van der Waals surface area contributed by atoms with Gasteiger partial charge < -0.3 is 5.73 Å². The number of hydrogen-bond acceptors (Lipinski definition) is 6. The summed E-state index contributed by atoms with van der Waals surface area (Å²) >= 11 is 0. The summed E-state index contributed by atoms with van der Waals surface area (Å²) in [6.07, 6.45) is 4.68. The van der Waals surface area contributed by atoms with Crippen molar-refractivity contribution >= 4 is 11.5 Å². The van der Waals surface area contributed by atoms with Gasteiger partial charge in [0.25, 0.3) is 0 Å². The molecule has 0 bridgehead atoms. The van der Waals surface area contributed by atoms with Crippen LogP contribution in [-0.4, -0.2) is 24.7 Å². The summed E-state index contributed by atoms with van der Waals surface area (Å²) in [4.78, 5) is 18.4. The van der Waals surface area contributed by atoms with Gasteiger partial charge in [0.15, 0.2) is 0 Å². The van der Waals surface area contributed by atoms with E-state index < -0.39 is 4.92 Å². The highest BCUT2D eigenvalue weighted by Gasteiger charge is 2.26. The lowest BCUT2D eigenvalue weighted by Gasteiger charge is -2.11. The molecule has 0 aromatic carbocycles. The molecule has 2 aromatic rings. The SMILES string of the molecule is Cc1nn(C(C)c2cnccn2)c(N)c1[N+](=O)[O-]. The van der Waals surface area contributed by atoms with E-state index in [1.54, 1.807) is 32.4 Å². The molecule has 0 aliphatic carbocycles. The smallest absolute Gasteiger partial charge is 0.333 e. The van der Waals surface area contributed by atoms with Crippen molar-refractivity contribution in [2.24, 2.45) is 0 Å². The molecule has 0 spiro atoms. The summed E-state index contributed by atoms with van der Waals surface area (Å²) in [5, 5.41) is 14.9. The van der Waals surface area contributed by atoms with Crippen molar-refractivity contribution in [3.05, 3.63) is 40.1 Å². The number of aromatic nitrogens is 4. The lowest BCUT2D eigenvalue weighted by atomic mass is 10.2. The molecule has 0 fully saturated rings. The molecule has 8 heteroatoms. The van der Waals surface area contributed by atoms with Gasteiger partial charge in [-0.1, -0.05) is 0 Å². The van der Waals surface area contributed by atoms with Crippen molar-refractivity contribution in [1.29, 1.82) is 0 Å². The minimum atomic E-state index is -0.530. The maximum atomic E-state index is 10.9. The van der Waals surface area contributed by atoms with Gasteiger partial charge in [0.05, 0.1) is 22.9 Å². The van der Waals surface area contributed by atoms with Gasteiger partial charge in [0.1, 0.15) is 5.69 Å². The van der Waals surface area contributed by atoms with Crippen LogP contribution in [0.1, 0.15) is 24.4 Å². The molecule has 1 unspecified atom stereocenters. The number of nitro groups is 1. The molecule has 2 rings (SSSR count). The first-order valence-electron chi connectivity index (χ1n) is 5.27. The largest absolute Gasteiger partial charge is 0.378 e. The third-order valence-electron chi connectivity index (χ3n) is 2.65. The van der Waals surface area contributed by atoms with E-state index in [1.807, 2.05) is 0 Å². The minimum absolute atomic E-state index is 0.0238. The van der Waals surface area contributed by atoms with Crippen LogP contribution in [0.2, 0.25) is 0 Å². The molecule has 1 atom stereocenters. The second kappa shape index (κ2) is 4.40. The third-order valence-corrected chi connectivity index (χ3v) is 2.65. The summed E-state index contributed by atoms with van der Waals surface area (Å²) in [5.74, 6) is 0.0238. The van der Waals surface area contributed by atoms with E-state index in [0.29, 0.717) is 5.69 Å². The minimum Gasteiger partial charge on any atom is -0.378 e. The Bertz CT molecular complexity index is 580. The Hall–Kier alpha value is -2.51. The number of hydrogen-bond donors (Lipinski definition) is 1. The lowest BCUT2D eigenvalue weighted by molar-refractivity contribution is -0.384. The molecule has 18 heavy (non-hydrogen) atoms. The van der Waals surface area contributed by atoms with Crippen molar-refractivity contribution in [3.8, 4) is 0 Å². The molecule has 2 aromatic heterocycles. The molecule has 94 valence electrons. The maximum Gasteiger partial charge on any atom is 0.333 e. The summed E-state index contributed by atoms with van der Waals surface area (Å²) in [7, 11) is 0. The van der Waals surface area contributed by atoms with E-state index in [9.17, 15) is 10.1 Å². The molecule has 0 amide bonds. The number of aryl methyl sites for hydroxylation is 1. The average molecular weight is 248 g/mol. The summed E-state index contributed by atoms with van der Waals surface area (Å²) < 4.78 is 1.39. The van der Waals surface area contributed by atoms with Gasteiger partial charge in [-0.25, -0.2) is 4.68 Å². The molecule has 0 saturated heterocycles. The summed E-state index contributed by atoms with van der Waals surface area (Å²) in [5.41, 5.74) is 6.52. The first-order chi connectivity index (χ1) is 8.52. The van der Waals surface area contributed by atoms with Crippen LogP contribution < -0.4 is 5.73 Å². The van der Waals surface area contributed by atoms with Gasteiger partial charge in [0, 0.05) is 12.4 Å². The number of nitrogens with zero attached hydrogens (tertiary/aromatic N) is 5. The fourth-order valence-corrected chi connectivity index (χ4v) is 1.73. The van der Waals surface area contributed by atoms with Gasteiger partial charge in [-0.15, -0.1) is 0 Å². The topological polar surface area (TPSA) is 113 Å². The van der Waals surface area contributed by atoms with Crippen LogP contribution in [0.15, 0.2) is 18.6 Å². The zero-order chi connectivity index (χ0) is 13.3. The molecular formula is C10H12N6O2. The van der Waals surface area contributed by atoms with E-state index in [1.165, 1.54) is 4.68 Å². The van der Waals surface area contributed by atoms with Crippen molar-refractivity contribution in [2.45, 2.75) is 19.9 Å². The van der Waals surface area contributed by atoms with Gasteiger partial charge >= 0.3 is 5.69 Å². The molecule has 0 aliphatic rings. The highest BCUT2D eigenvalue weighted by molar-refractivity contribution is 5.56. The molecule has 0 saturated carbocycles. The van der Waals surface area contributed by atoms with Crippen molar-refractivity contribution in [1.82, 2.24) is 19.7 Å². The van der Waals surface area contributed by atoms with Gasteiger partial charge in [0.2, 0.25) is 5.82 Å². The maximum absolute atomic E-state index is 10.9. The monoisotopic (exact) mass is 248 g/mol. The Kier molecular flexibility index (Phi) is 2.92. The quantitative estimate of drug-likeness (QED) is 0.642. The number of nitrogen functional groups attached to an aromatic ring is 1. The predicted octanol–water partition coefficient (Wildman–Crippen LogP) is 1.08. The first-order valence-corrected chi connectivity index (χ1v) is 5.27. The van der Waals surface area contributed by atoms with Crippen LogP contribution >= 0.6 is 0 Å². The highest BCUT2D eigenvalue weighted by Crippen LogP contribution is 2.29. The van der Waals surface area contributed by atoms with Crippen LogP contribution in [0.4, 0.5) is 11.5 Å². The Morgan fingerprint density at radius 3 is 2.72 bits per heavy atom. The predicted molar refractivity (Wildman–Crippen MR) is 63.9 cm³/mol. The molecule has 0 radical (unpaired) electrons. The zero-order valence-corrected chi connectivity index (χ0v) is 9.94. The fourth-order valence-electron chi connectivity index (χ4n) is 1.73. The van der Waals surface area contributed by atoms with Crippen LogP contribution in [0.3, 0.4) is 0 Å². The summed E-state index contributed by atoms with van der Waals surface area (Å²) in [6, 6.07) is -0.314. The molecule has 8 nitrogen and oxygen atoms in total. The Morgan fingerprint density at radius 2 is 2.22 bits per heavy atom. The zero-order valence-electron chi connectivity index (χ0n) is 9.94. The fraction of sp³-hybridized carbons (Fsp3) is 0.300. The Labute approximate surface area is 103 Å². The average Bonchev–Trinajstić information content (AvgIpc) is 2.65. The standard InChI is InChI=1S/C10H12N6O2/c1-6-9(16(17)18)10(11)15(14-6)7(2)8-5-12-3-4-13-8/h3-5,7H,11H2,1-2H3.